The summed E-state index contributed by atoms with van der Waals surface area (Å²) in [6.07, 6.45) is -12.9. The molecule has 2 unspecified atom stereocenters. The fourth-order valence-corrected chi connectivity index (χ4v) is 4.23. The fraction of sp³-hybridized carbons (Fsp3) is 0.421. The second-order valence-electron chi connectivity index (χ2n) is 6.68. The van der Waals surface area contributed by atoms with Gasteiger partial charge in [0.05, 0.1) is 17.0 Å². The van der Waals surface area contributed by atoms with Crippen molar-refractivity contribution in [1.29, 1.82) is 5.26 Å². The largest absolute Gasteiger partial charge is 0.457 e. The smallest absolute Gasteiger partial charge is 0.225 e. The topological polar surface area (TPSA) is 23.8 Å². The maximum absolute atomic E-state index is 15.8. The number of rotatable bonds is 4. The minimum absolute atomic E-state index is 0.0126. The number of halogens is 10. The van der Waals surface area contributed by atoms with E-state index in [4.69, 9.17) is 0 Å². The normalized spacial score (nSPS) is 22.6. The molecule has 0 saturated carbocycles. The van der Waals surface area contributed by atoms with Gasteiger partial charge in [0.15, 0.2) is 0 Å². The number of benzene rings is 1. The standard InChI is InChI=1S/C19H13BrF9N/c1-2-11-7-13(20)9-15(8-11,14-6-4-3-5-12(14)10-30)16(21,18(24,25)26)17(22,23)19(27,28)29/h3-6,8-9H,2,7H2,1H3. The van der Waals surface area contributed by atoms with Crippen LogP contribution in [-0.4, -0.2) is 23.9 Å². The number of nitriles is 1. The SMILES string of the molecule is CCC1=CC(c2ccccc2C#N)(C(F)(C(F)(F)F)C(F)(F)C(F)(F)F)C=C(Br)C1. The zero-order valence-electron chi connectivity index (χ0n) is 15.1. The van der Waals surface area contributed by atoms with E-state index in [-0.39, 0.29) is 22.9 Å². The van der Waals surface area contributed by atoms with Crippen LogP contribution in [0.3, 0.4) is 0 Å². The molecular formula is C19H13BrF9N. The first-order valence-electron chi connectivity index (χ1n) is 8.36. The van der Waals surface area contributed by atoms with Gasteiger partial charge < -0.3 is 0 Å². The second-order valence-corrected chi connectivity index (χ2v) is 7.70. The minimum atomic E-state index is -6.87. The van der Waals surface area contributed by atoms with E-state index in [1.165, 1.54) is 13.0 Å². The van der Waals surface area contributed by atoms with Gasteiger partial charge in [-0.2, -0.15) is 40.4 Å². The Bertz CT molecular complexity index is 923. The Hall–Kier alpha value is -1.96. The quantitative estimate of drug-likeness (QED) is 0.311. The molecule has 1 aromatic rings. The average Bonchev–Trinajstić information content (AvgIpc) is 2.64. The van der Waals surface area contributed by atoms with Crippen molar-refractivity contribution in [3.05, 3.63) is 57.6 Å². The van der Waals surface area contributed by atoms with E-state index in [0.717, 1.165) is 24.3 Å². The molecule has 0 heterocycles. The van der Waals surface area contributed by atoms with Gasteiger partial charge in [-0.05, 0) is 29.0 Å². The lowest BCUT2D eigenvalue weighted by Gasteiger charge is -2.48. The predicted molar refractivity (Wildman–Crippen MR) is 93.7 cm³/mol. The van der Waals surface area contributed by atoms with Gasteiger partial charge in [0.25, 0.3) is 5.67 Å². The van der Waals surface area contributed by atoms with E-state index in [0.29, 0.717) is 12.2 Å². The molecule has 0 N–H and O–H groups in total. The lowest BCUT2D eigenvalue weighted by Crippen LogP contribution is -2.71. The van der Waals surface area contributed by atoms with E-state index in [1.807, 2.05) is 0 Å². The predicted octanol–water partition coefficient (Wildman–Crippen LogP) is 7.28. The number of alkyl halides is 9. The van der Waals surface area contributed by atoms with Crippen molar-refractivity contribution in [3.8, 4) is 6.07 Å². The molecule has 2 rings (SSSR count). The molecule has 0 aliphatic heterocycles. The Morgan fingerprint density at radius 2 is 1.53 bits per heavy atom. The zero-order chi connectivity index (χ0) is 23.2. The maximum Gasteiger partial charge on any atom is 0.457 e. The first-order chi connectivity index (χ1) is 13.6. The third kappa shape index (κ3) is 3.43. The van der Waals surface area contributed by atoms with Crippen LogP contribution >= 0.6 is 15.9 Å². The highest BCUT2D eigenvalue weighted by atomic mass is 79.9. The lowest BCUT2D eigenvalue weighted by atomic mass is 9.61. The summed E-state index contributed by atoms with van der Waals surface area (Å²) in [6, 6.07) is 5.28. The van der Waals surface area contributed by atoms with Crippen LogP contribution in [0.2, 0.25) is 0 Å². The summed E-state index contributed by atoms with van der Waals surface area (Å²) in [5.74, 6) is -6.85. The van der Waals surface area contributed by atoms with Crippen molar-refractivity contribution >= 4 is 15.9 Å². The van der Waals surface area contributed by atoms with Crippen molar-refractivity contribution in [3.63, 3.8) is 0 Å². The Morgan fingerprint density at radius 1 is 0.967 bits per heavy atom. The monoisotopic (exact) mass is 505 g/mol. The van der Waals surface area contributed by atoms with Gasteiger partial charge in [0.1, 0.15) is 0 Å². The molecule has 164 valence electrons. The van der Waals surface area contributed by atoms with Crippen LogP contribution in [0.1, 0.15) is 30.9 Å². The summed E-state index contributed by atoms with van der Waals surface area (Å²) in [7, 11) is 0. The van der Waals surface area contributed by atoms with Crippen LogP contribution in [0.15, 0.2) is 46.5 Å². The van der Waals surface area contributed by atoms with Gasteiger partial charge in [-0.25, -0.2) is 4.39 Å². The molecule has 1 aromatic carbocycles. The molecule has 30 heavy (non-hydrogen) atoms. The highest BCUT2D eigenvalue weighted by molar-refractivity contribution is 9.11. The van der Waals surface area contributed by atoms with E-state index in [2.05, 4.69) is 15.9 Å². The molecule has 0 spiro atoms. The van der Waals surface area contributed by atoms with Crippen LogP contribution in [-0.2, 0) is 5.41 Å². The molecular weight excluding hydrogens is 493 g/mol. The highest BCUT2D eigenvalue weighted by Gasteiger charge is 2.87. The van der Waals surface area contributed by atoms with Crippen LogP contribution < -0.4 is 0 Å². The molecule has 2 atom stereocenters. The Morgan fingerprint density at radius 3 is 2.00 bits per heavy atom. The minimum Gasteiger partial charge on any atom is -0.225 e. The number of nitrogens with zero attached hydrogens (tertiary/aromatic N) is 1. The molecule has 0 saturated heterocycles. The van der Waals surface area contributed by atoms with Gasteiger partial charge in [-0.1, -0.05) is 58.8 Å². The second kappa shape index (κ2) is 7.62. The van der Waals surface area contributed by atoms with Gasteiger partial charge >= 0.3 is 18.3 Å². The van der Waals surface area contributed by atoms with Crippen LogP contribution in [0, 0.1) is 11.3 Å². The summed E-state index contributed by atoms with van der Waals surface area (Å²) < 4.78 is 126. The van der Waals surface area contributed by atoms with Gasteiger partial charge in [-0.15, -0.1) is 0 Å². The molecule has 0 fully saturated rings. The van der Waals surface area contributed by atoms with E-state index >= 15 is 4.39 Å². The number of allylic oxidation sites excluding steroid dienone is 4. The zero-order valence-corrected chi connectivity index (χ0v) is 16.7. The molecule has 1 aliphatic carbocycles. The number of hydrogen-bond donors (Lipinski definition) is 0. The van der Waals surface area contributed by atoms with Crippen LogP contribution in [0.25, 0.3) is 0 Å². The van der Waals surface area contributed by atoms with Gasteiger partial charge in [-0.3, -0.25) is 0 Å². The van der Waals surface area contributed by atoms with Crippen molar-refractivity contribution in [2.75, 3.05) is 0 Å². The summed E-state index contributed by atoms with van der Waals surface area (Å²) in [5, 5.41) is 9.27. The summed E-state index contributed by atoms with van der Waals surface area (Å²) >= 11 is 2.84. The Kier molecular flexibility index (Phi) is 6.18. The first-order valence-corrected chi connectivity index (χ1v) is 9.16. The van der Waals surface area contributed by atoms with Crippen LogP contribution in [0.5, 0.6) is 0 Å². The third-order valence-corrected chi connectivity index (χ3v) is 5.42. The maximum atomic E-state index is 15.8. The van der Waals surface area contributed by atoms with Crippen molar-refractivity contribution in [1.82, 2.24) is 0 Å². The van der Waals surface area contributed by atoms with Crippen LogP contribution in [0.4, 0.5) is 39.5 Å². The van der Waals surface area contributed by atoms with Gasteiger partial charge in [0, 0.05) is 0 Å². The first kappa shape index (κ1) is 24.3. The van der Waals surface area contributed by atoms with E-state index in [9.17, 15) is 40.4 Å². The van der Waals surface area contributed by atoms with Crippen molar-refractivity contribution in [2.24, 2.45) is 0 Å². The lowest BCUT2D eigenvalue weighted by molar-refractivity contribution is -0.392. The van der Waals surface area contributed by atoms with E-state index < -0.39 is 40.5 Å². The summed E-state index contributed by atoms with van der Waals surface area (Å²) in [5.41, 5.74) is -11.5. The Balaban J connectivity index is 3.15. The van der Waals surface area contributed by atoms with E-state index in [1.54, 1.807) is 0 Å². The molecule has 0 aromatic heterocycles. The molecule has 11 heteroatoms. The molecule has 0 radical (unpaired) electrons. The number of hydrogen-bond acceptors (Lipinski definition) is 1. The average molecular weight is 506 g/mol. The highest BCUT2D eigenvalue weighted by Crippen LogP contribution is 2.63. The third-order valence-electron chi connectivity index (χ3n) is 4.91. The van der Waals surface area contributed by atoms with Crippen molar-refractivity contribution in [2.45, 2.75) is 49.1 Å². The van der Waals surface area contributed by atoms with Gasteiger partial charge in [0.2, 0.25) is 0 Å². The molecule has 1 aliphatic rings. The Labute approximate surface area is 174 Å². The fourth-order valence-electron chi connectivity index (χ4n) is 3.51. The van der Waals surface area contributed by atoms with Crippen molar-refractivity contribution < 1.29 is 39.5 Å². The molecule has 0 bridgehead atoms. The molecule has 0 amide bonds. The molecule has 1 nitrogen and oxygen atoms in total. The summed E-state index contributed by atoms with van der Waals surface area (Å²) in [4.78, 5) is 0. The summed E-state index contributed by atoms with van der Waals surface area (Å²) in [6.45, 7) is 1.42.